The Morgan fingerprint density at radius 1 is 1.35 bits per heavy atom. The molecule has 2 aromatic rings. The van der Waals surface area contributed by atoms with Crippen LogP contribution in [0.3, 0.4) is 0 Å². The molecular weight excluding hydrogens is 310 g/mol. The van der Waals surface area contributed by atoms with Gasteiger partial charge < -0.3 is 9.64 Å². The summed E-state index contributed by atoms with van der Waals surface area (Å²) in [5, 5.41) is 3.95. The Hall–Kier alpha value is -1.79. The predicted molar refractivity (Wildman–Crippen MR) is 89.8 cm³/mol. The molecule has 2 heterocycles. The van der Waals surface area contributed by atoms with Gasteiger partial charge in [-0.2, -0.15) is 0 Å². The SMILES string of the molecule is Cc1ccc(C)c(C2CN(C(=O)c3snnc3C)C(C)CO2)c1. The second kappa shape index (κ2) is 6.37. The smallest absolute Gasteiger partial charge is 0.267 e. The van der Waals surface area contributed by atoms with Gasteiger partial charge in [0.05, 0.1) is 24.9 Å². The highest BCUT2D eigenvalue weighted by Crippen LogP contribution is 2.29. The van der Waals surface area contributed by atoms with Gasteiger partial charge in [0.25, 0.3) is 5.91 Å². The summed E-state index contributed by atoms with van der Waals surface area (Å²) in [6.45, 7) is 9.09. The van der Waals surface area contributed by atoms with Crippen LogP contribution >= 0.6 is 11.5 Å². The van der Waals surface area contributed by atoms with E-state index in [9.17, 15) is 4.79 Å². The lowest BCUT2D eigenvalue weighted by molar-refractivity contribution is -0.0488. The number of hydrogen-bond donors (Lipinski definition) is 0. The monoisotopic (exact) mass is 331 g/mol. The van der Waals surface area contributed by atoms with Gasteiger partial charge in [0, 0.05) is 0 Å². The van der Waals surface area contributed by atoms with E-state index in [4.69, 9.17) is 4.74 Å². The van der Waals surface area contributed by atoms with E-state index in [0.717, 1.165) is 17.1 Å². The summed E-state index contributed by atoms with van der Waals surface area (Å²) in [4.78, 5) is 15.3. The molecule has 3 rings (SSSR count). The minimum atomic E-state index is -0.0868. The van der Waals surface area contributed by atoms with E-state index >= 15 is 0 Å². The van der Waals surface area contributed by atoms with Gasteiger partial charge in [0.2, 0.25) is 0 Å². The van der Waals surface area contributed by atoms with Crippen LogP contribution in [0.25, 0.3) is 0 Å². The molecule has 6 heteroatoms. The zero-order valence-corrected chi connectivity index (χ0v) is 14.7. The Kier molecular flexibility index (Phi) is 4.46. The Balaban J connectivity index is 1.86. The molecule has 1 aliphatic rings. The molecule has 1 amide bonds. The number of benzene rings is 1. The van der Waals surface area contributed by atoms with Crippen molar-refractivity contribution in [3.63, 3.8) is 0 Å². The molecule has 1 aromatic heterocycles. The molecule has 5 nitrogen and oxygen atoms in total. The molecule has 1 aliphatic heterocycles. The summed E-state index contributed by atoms with van der Waals surface area (Å²) in [5.41, 5.74) is 4.25. The summed E-state index contributed by atoms with van der Waals surface area (Å²) in [6, 6.07) is 6.40. The maximum atomic E-state index is 12.8. The van der Waals surface area contributed by atoms with Crippen molar-refractivity contribution in [3.8, 4) is 0 Å². The molecule has 0 N–H and O–H groups in total. The van der Waals surface area contributed by atoms with Gasteiger partial charge in [-0.05, 0) is 50.4 Å². The van der Waals surface area contributed by atoms with Crippen LogP contribution in [-0.2, 0) is 4.74 Å². The van der Waals surface area contributed by atoms with E-state index in [2.05, 4.69) is 41.6 Å². The summed E-state index contributed by atoms with van der Waals surface area (Å²) in [7, 11) is 0. The van der Waals surface area contributed by atoms with Crippen molar-refractivity contribution >= 4 is 17.4 Å². The van der Waals surface area contributed by atoms with Crippen LogP contribution in [0.1, 0.15) is 45.1 Å². The first-order valence-corrected chi connectivity index (χ1v) is 8.53. The number of nitrogens with zero attached hydrogens (tertiary/aromatic N) is 3. The van der Waals surface area contributed by atoms with Gasteiger partial charge in [-0.1, -0.05) is 28.3 Å². The number of aryl methyl sites for hydroxylation is 3. The average molecular weight is 331 g/mol. The molecule has 1 aromatic carbocycles. The highest BCUT2D eigenvalue weighted by atomic mass is 32.1. The minimum Gasteiger partial charge on any atom is -0.370 e. The van der Waals surface area contributed by atoms with Gasteiger partial charge in [-0.25, -0.2) is 0 Å². The average Bonchev–Trinajstić information content (AvgIpc) is 2.96. The first-order valence-electron chi connectivity index (χ1n) is 7.76. The highest BCUT2D eigenvalue weighted by Gasteiger charge is 2.33. The summed E-state index contributed by atoms with van der Waals surface area (Å²) < 4.78 is 9.90. The third kappa shape index (κ3) is 3.14. The van der Waals surface area contributed by atoms with Crippen LogP contribution < -0.4 is 0 Å². The van der Waals surface area contributed by atoms with Crippen molar-refractivity contribution in [2.24, 2.45) is 0 Å². The second-order valence-corrected chi connectivity index (χ2v) is 6.93. The Morgan fingerprint density at radius 2 is 2.13 bits per heavy atom. The Labute approximate surface area is 140 Å². The van der Waals surface area contributed by atoms with Gasteiger partial charge >= 0.3 is 0 Å². The van der Waals surface area contributed by atoms with Crippen LogP contribution in [0.2, 0.25) is 0 Å². The van der Waals surface area contributed by atoms with E-state index < -0.39 is 0 Å². The largest absolute Gasteiger partial charge is 0.370 e. The van der Waals surface area contributed by atoms with Crippen LogP contribution in [0.5, 0.6) is 0 Å². The standard InChI is InChI=1S/C17H21N3O2S/c1-10-5-6-11(2)14(7-10)15-8-20(12(3)9-22-15)17(21)16-13(4)18-19-23-16/h5-7,12,15H,8-9H2,1-4H3. The van der Waals surface area contributed by atoms with Crippen molar-refractivity contribution in [2.45, 2.75) is 39.8 Å². The fraction of sp³-hybridized carbons (Fsp3) is 0.471. The van der Waals surface area contributed by atoms with Crippen LogP contribution in [0.15, 0.2) is 18.2 Å². The number of morpholine rings is 1. The molecule has 2 unspecified atom stereocenters. The molecule has 0 radical (unpaired) electrons. The van der Waals surface area contributed by atoms with Gasteiger partial charge in [0.15, 0.2) is 0 Å². The molecule has 2 atom stereocenters. The van der Waals surface area contributed by atoms with Crippen molar-refractivity contribution in [1.29, 1.82) is 0 Å². The first-order chi connectivity index (χ1) is 11.0. The molecule has 0 spiro atoms. The lowest BCUT2D eigenvalue weighted by Gasteiger charge is -2.38. The maximum absolute atomic E-state index is 12.8. The topological polar surface area (TPSA) is 55.3 Å². The maximum Gasteiger partial charge on any atom is 0.267 e. The molecule has 1 saturated heterocycles. The zero-order chi connectivity index (χ0) is 16.6. The molecule has 0 bridgehead atoms. The number of hydrogen-bond acceptors (Lipinski definition) is 5. The van der Waals surface area contributed by atoms with Crippen LogP contribution in [0, 0.1) is 20.8 Å². The molecule has 0 aliphatic carbocycles. The van der Waals surface area contributed by atoms with Crippen molar-refractivity contribution in [3.05, 3.63) is 45.5 Å². The second-order valence-electron chi connectivity index (χ2n) is 6.18. The number of amides is 1. The third-order valence-electron chi connectivity index (χ3n) is 4.32. The quantitative estimate of drug-likeness (QED) is 0.849. The zero-order valence-electron chi connectivity index (χ0n) is 13.9. The number of carbonyl (C=O) groups is 1. The molecular formula is C17H21N3O2S. The van der Waals surface area contributed by atoms with E-state index in [1.165, 1.54) is 11.1 Å². The highest BCUT2D eigenvalue weighted by molar-refractivity contribution is 7.07. The summed E-state index contributed by atoms with van der Waals surface area (Å²) in [5.74, 6) is 0.00334. The molecule has 122 valence electrons. The predicted octanol–water partition coefficient (Wildman–Crippen LogP) is 3.07. The van der Waals surface area contributed by atoms with Crippen molar-refractivity contribution < 1.29 is 9.53 Å². The van der Waals surface area contributed by atoms with Crippen molar-refractivity contribution in [1.82, 2.24) is 14.5 Å². The summed E-state index contributed by atoms with van der Waals surface area (Å²) in [6.07, 6.45) is -0.0868. The Bertz CT molecular complexity index is 728. The fourth-order valence-electron chi connectivity index (χ4n) is 2.89. The normalized spacial score (nSPS) is 21.5. The van der Waals surface area contributed by atoms with Crippen molar-refractivity contribution in [2.75, 3.05) is 13.2 Å². The number of ether oxygens (including phenoxy) is 1. The minimum absolute atomic E-state index is 0.00334. The molecule has 0 saturated carbocycles. The first kappa shape index (κ1) is 16.1. The number of rotatable bonds is 2. The van der Waals surface area contributed by atoms with Crippen LogP contribution in [-0.4, -0.2) is 39.6 Å². The van der Waals surface area contributed by atoms with Crippen LogP contribution in [0.4, 0.5) is 0 Å². The third-order valence-corrected chi connectivity index (χ3v) is 5.14. The molecule has 1 fully saturated rings. The lowest BCUT2D eigenvalue weighted by atomic mass is 9.98. The summed E-state index contributed by atoms with van der Waals surface area (Å²) >= 11 is 1.16. The lowest BCUT2D eigenvalue weighted by Crippen LogP contribution is -2.48. The fourth-order valence-corrected chi connectivity index (χ4v) is 3.51. The number of carbonyl (C=O) groups excluding carboxylic acids is 1. The van der Waals surface area contributed by atoms with E-state index in [-0.39, 0.29) is 18.1 Å². The van der Waals surface area contributed by atoms with E-state index in [1.807, 2.05) is 18.7 Å². The van der Waals surface area contributed by atoms with Gasteiger partial charge in [-0.15, -0.1) is 5.10 Å². The van der Waals surface area contributed by atoms with Gasteiger partial charge in [0.1, 0.15) is 11.0 Å². The Morgan fingerprint density at radius 3 is 2.83 bits per heavy atom. The van der Waals surface area contributed by atoms with E-state index in [1.54, 1.807) is 0 Å². The van der Waals surface area contributed by atoms with Gasteiger partial charge in [-0.3, -0.25) is 4.79 Å². The van der Waals surface area contributed by atoms with E-state index in [0.29, 0.717) is 23.7 Å². The molecule has 23 heavy (non-hydrogen) atoms. The number of aromatic nitrogens is 2.